The summed E-state index contributed by atoms with van der Waals surface area (Å²) in [6.45, 7) is 0.707. The average Bonchev–Trinajstić information content (AvgIpc) is 2.85. The number of carbonyl (C=O) groups is 2. The minimum atomic E-state index is -0.414. The Kier molecular flexibility index (Phi) is 15.2. The summed E-state index contributed by atoms with van der Waals surface area (Å²) in [5.74, 6) is 10.2. The molecule has 12 heteroatoms. The molecule has 0 heterocycles. The standard InChI is InChI=1S/C26H49N7O2S3/c1-37(2)33(26(35)18-28)21-11-13-23(21)38(3)32-24(30)9-7-5-4-6-8-20(29)16-19-10-12-22(19)36-15-14-31-25(34)17-27/h19,21-23,29H,1,3-18,27-28H2,2H3,(H2,30,32)(H,31,34). The van der Waals surface area contributed by atoms with Gasteiger partial charge in [-0.1, -0.05) is 35.3 Å². The SMILES string of the molecule is C=S(NC(=N)CCCCCCC(=N)CC1CCC1SCCNC(=O)CN)C1CCC1N(C(=O)CN)S(=C)C. The van der Waals surface area contributed by atoms with Gasteiger partial charge in [0, 0.05) is 34.9 Å². The maximum Gasteiger partial charge on any atom is 0.246 e. The van der Waals surface area contributed by atoms with Gasteiger partial charge in [-0.2, -0.15) is 11.8 Å². The zero-order chi connectivity index (χ0) is 28.1. The normalized spacial score (nSPS) is 23.9. The number of hydrogen-bond acceptors (Lipinski definition) is 7. The molecule has 0 aromatic heterocycles. The lowest BCUT2D eigenvalue weighted by Gasteiger charge is -2.45. The predicted octanol–water partition coefficient (Wildman–Crippen LogP) is 3.07. The third-order valence-corrected chi connectivity index (χ3v) is 11.7. The Bertz CT molecular complexity index is 870. The number of nitrogens with zero attached hydrogens (tertiary/aromatic N) is 1. The lowest BCUT2D eigenvalue weighted by atomic mass is 9.80. The van der Waals surface area contributed by atoms with Gasteiger partial charge in [0.05, 0.1) is 19.1 Å². The van der Waals surface area contributed by atoms with Crippen LogP contribution in [0.15, 0.2) is 0 Å². The molecule has 0 aromatic carbocycles. The van der Waals surface area contributed by atoms with Crippen molar-refractivity contribution >= 4 is 68.2 Å². The van der Waals surface area contributed by atoms with E-state index in [-0.39, 0.29) is 36.2 Å². The summed E-state index contributed by atoms with van der Waals surface area (Å²) in [5.41, 5.74) is 11.8. The molecule has 0 aliphatic heterocycles. The lowest BCUT2D eigenvalue weighted by molar-refractivity contribution is -0.127. The van der Waals surface area contributed by atoms with Crippen LogP contribution in [-0.4, -0.2) is 87.6 Å². The molecule has 2 saturated carbocycles. The first-order chi connectivity index (χ1) is 18.2. The first kappa shape index (κ1) is 33.0. The molecule has 9 nitrogen and oxygen atoms in total. The molecular weight excluding hydrogens is 539 g/mol. The average molecular weight is 588 g/mol. The van der Waals surface area contributed by atoms with E-state index < -0.39 is 21.3 Å². The molecule has 6 atom stereocenters. The number of amides is 2. The highest BCUT2D eigenvalue weighted by Crippen LogP contribution is 2.41. The second-order valence-corrected chi connectivity index (χ2v) is 14.8. The molecule has 2 aliphatic carbocycles. The number of nitrogens with one attached hydrogen (secondary N) is 4. The Morgan fingerprint density at radius 1 is 1.03 bits per heavy atom. The van der Waals surface area contributed by atoms with Crippen molar-refractivity contribution in [2.45, 2.75) is 87.2 Å². The van der Waals surface area contributed by atoms with E-state index in [4.69, 9.17) is 22.3 Å². The third-order valence-electron chi connectivity index (χ3n) is 7.31. The van der Waals surface area contributed by atoms with Crippen LogP contribution < -0.4 is 21.5 Å². The number of thioether (sulfide) groups is 1. The summed E-state index contributed by atoms with van der Waals surface area (Å²) >= 11 is 1.91. The third kappa shape index (κ3) is 10.7. The second kappa shape index (κ2) is 17.5. The van der Waals surface area contributed by atoms with Crippen LogP contribution in [0.2, 0.25) is 0 Å². The van der Waals surface area contributed by atoms with Crippen LogP contribution in [-0.2, 0) is 9.59 Å². The number of rotatable bonds is 19. The summed E-state index contributed by atoms with van der Waals surface area (Å²) in [7, 11) is -0.818. The fraction of sp³-hybridized carbons (Fsp3) is 0.769. The maximum atomic E-state index is 12.3. The summed E-state index contributed by atoms with van der Waals surface area (Å²) < 4.78 is 5.12. The highest BCUT2D eigenvalue weighted by molar-refractivity contribution is 8.13. The van der Waals surface area contributed by atoms with Crippen LogP contribution >= 0.6 is 33.1 Å². The Hall–Kier alpha value is -1.21. The van der Waals surface area contributed by atoms with Gasteiger partial charge >= 0.3 is 0 Å². The van der Waals surface area contributed by atoms with Crippen LogP contribution in [0.4, 0.5) is 0 Å². The van der Waals surface area contributed by atoms with Gasteiger partial charge in [-0.3, -0.25) is 19.3 Å². The van der Waals surface area contributed by atoms with Crippen molar-refractivity contribution in [3.63, 3.8) is 0 Å². The molecule has 0 spiro atoms. The van der Waals surface area contributed by atoms with E-state index in [2.05, 4.69) is 21.8 Å². The zero-order valence-corrected chi connectivity index (χ0v) is 25.4. The Morgan fingerprint density at radius 3 is 2.29 bits per heavy atom. The van der Waals surface area contributed by atoms with Gasteiger partial charge < -0.3 is 26.9 Å². The highest BCUT2D eigenvalue weighted by Gasteiger charge is 2.39. The molecule has 6 unspecified atom stereocenters. The lowest BCUT2D eigenvalue weighted by Crippen LogP contribution is -2.52. The fourth-order valence-corrected chi connectivity index (χ4v) is 9.06. The molecule has 2 amide bonds. The summed E-state index contributed by atoms with van der Waals surface area (Å²) in [4.78, 5) is 23.5. The van der Waals surface area contributed by atoms with Gasteiger partial charge in [0.25, 0.3) is 0 Å². The number of hydrogen-bond donors (Lipinski definition) is 6. The van der Waals surface area contributed by atoms with Crippen molar-refractivity contribution in [2.75, 3.05) is 31.6 Å². The quantitative estimate of drug-likeness (QED) is 0.0589. The van der Waals surface area contributed by atoms with Gasteiger partial charge in [0.1, 0.15) is 5.84 Å². The number of unbranched alkanes of at least 4 members (excludes halogenated alkanes) is 3. The van der Waals surface area contributed by atoms with E-state index in [1.54, 1.807) is 0 Å². The second-order valence-electron chi connectivity index (χ2n) is 10.2. The molecule has 0 aromatic rings. The summed E-state index contributed by atoms with van der Waals surface area (Å²) in [6.07, 6.45) is 12.9. The molecule has 218 valence electrons. The minimum Gasteiger partial charge on any atom is -0.354 e. The molecule has 0 radical (unpaired) electrons. The van der Waals surface area contributed by atoms with Crippen LogP contribution in [0.1, 0.15) is 70.6 Å². The zero-order valence-electron chi connectivity index (χ0n) is 23.0. The predicted molar refractivity (Wildman–Crippen MR) is 170 cm³/mol. The molecule has 38 heavy (non-hydrogen) atoms. The fourth-order valence-electron chi connectivity index (χ4n) is 4.89. The first-order valence-electron chi connectivity index (χ1n) is 13.7. The van der Waals surface area contributed by atoms with E-state index in [0.717, 1.165) is 62.8 Å². The van der Waals surface area contributed by atoms with E-state index in [1.807, 2.05) is 22.3 Å². The van der Waals surface area contributed by atoms with Crippen LogP contribution in [0, 0.1) is 16.7 Å². The van der Waals surface area contributed by atoms with Gasteiger partial charge in [-0.25, -0.2) is 0 Å². The molecule has 8 N–H and O–H groups in total. The summed E-state index contributed by atoms with van der Waals surface area (Å²) in [5, 5.41) is 20.4. The van der Waals surface area contributed by atoms with E-state index in [1.165, 1.54) is 12.8 Å². The number of carbonyl (C=O) groups excluding carboxylic acids is 2. The van der Waals surface area contributed by atoms with Crippen LogP contribution in [0.25, 0.3) is 0 Å². The van der Waals surface area contributed by atoms with Gasteiger partial charge in [0.2, 0.25) is 11.8 Å². The molecule has 0 saturated heterocycles. The largest absolute Gasteiger partial charge is 0.354 e. The van der Waals surface area contributed by atoms with Crippen molar-refractivity contribution < 1.29 is 9.59 Å². The number of amidine groups is 1. The van der Waals surface area contributed by atoms with Crippen molar-refractivity contribution in [3.8, 4) is 0 Å². The highest BCUT2D eigenvalue weighted by atomic mass is 32.2. The van der Waals surface area contributed by atoms with Crippen molar-refractivity contribution in [1.29, 1.82) is 10.8 Å². The van der Waals surface area contributed by atoms with Gasteiger partial charge in [0.15, 0.2) is 0 Å². The van der Waals surface area contributed by atoms with E-state index >= 15 is 0 Å². The Balaban J connectivity index is 1.53. The smallest absolute Gasteiger partial charge is 0.246 e. The van der Waals surface area contributed by atoms with Gasteiger partial charge in [-0.15, -0.1) is 10.7 Å². The van der Waals surface area contributed by atoms with Gasteiger partial charge in [-0.05, 0) is 63.5 Å². The van der Waals surface area contributed by atoms with Crippen LogP contribution in [0.3, 0.4) is 0 Å². The monoisotopic (exact) mass is 587 g/mol. The molecule has 0 bridgehead atoms. The molecule has 2 aliphatic rings. The van der Waals surface area contributed by atoms with Crippen molar-refractivity contribution in [2.24, 2.45) is 17.4 Å². The van der Waals surface area contributed by atoms with Crippen molar-refractivity contribution in [1.82, 2.24) is 14.3 Å². The first-order valence-corrected chi connectivity index (χ1v) is 17.9. The Labute approximate surface area is 238 Å². The van der Waals surface area contributed by atoms with E-state index in [9.17, 15) is 9.59 Å². The Morgan fingerprint density at radius 2 is 1.74 bits per heavy atom. The molecule has 2 fully saturated rings. The maximum absolute atomic E-state index is 12.3. The number of nitrogens with two attached hydrogens (primary N) is 2. The van der Waals surface area contributed by atoms with E-state index in [0.29, 0.717) is 30.0 Å². The topological polar surface area (TPSA) is 161 Å². The minimum absolute atomic E-state index is 0.00182. The molecular formula is C26H49N7O2S3. The van der Waals surface area contributed by atoms with Crippen LogP contribution in [0.5, 0.6) is 0 Å². The summed E-state index contributed by atoms with van der Waals surface area (Å²) in [6, 6.07) is 0.117. The molecule has 2 rings (SSSR count). The van der Waals surface area contributed by atoms with Crippen molar-refractivity contribution in [3.05, 3.63) is 0 Å².